The topological polar surface area (TPSA) is 58.6 Å². The molecule has 0 saturated heterocycles. The van der Waals surface area contributed by atoms with E-state index in [2.05, 4.69) is 26.1 Å². The third kappa shape index (κ3) is 6.24. The van der Waals surface area contributed by atoms with E-state index in [1.54, 1.807) is 0 Å². The molecule has 2 aromatic carbocycles. The monoisotopic (exact) mass is 341 g/mol. The second-order valence-electron chi connectivity index (χ2n) is 7.13. The van der Waals surface area contributed by atoms with Gasteiger partial charge in [-0.15, -0.1) is 0 Å². The molecule has 2 N–H and O–H groups in total. The Hall–Kier alpha value is -2.33. The van der Waals surface area contributed by atoms with Crippen molar-refractivity contribution in [3.63, 3.8) is 0 Å². The van der Waals surface area contributed by atoms with Crippen LogP contribution in [0.5, 0.6) is 5.75 Å². The van der Waals surface area contributed by atoms with Crippen LogP contribution in [0.25, 0.3) is 0 Å². The van der Waals surface area contributed by atoms with Gasteiger partial charge in [0.05, 0.1) is 6.10 Å². The summed E-state index contributed by atoms with van der Waals surface area (Å²) >= 11 is 0. The third-order valence-corrected chi connectivity index (χ3v) is 4.01. The average Bonchev–Trinajstić information content (AvgIpc) is 2.60. The van der Waals surface area contributed by atoms with E-state index in [1.807, 2.05) is 54.6 Å². The van der Waals surface area contributed by atoms with Crippen LogP contribution in [-0.4, -0.2) is 24.2 Å². The summed E-state index contributed by atoms with van der Waals surface area (Å²) in [5.74, 6) is 0.479. The zero-order chi connectivity index (χ0) is 18.3. The van der Waals surface area contributed by atoms with Gasteiger partial charge in [0.25, 0.3) is 5.91 Å². The van der Waals surface area contributed by atoms with Crippen molar-refractivity contribution >= 4 is 5.91 Å². The maximum Gasteiger partial charge on any atom is 0.257 e. The minimum atomic E-state index is -0.577. The van der Waals surface area contributed by atoms with Crippen molar-refractivity contribution in [2.75, 3.05) is 13.2 Å². The number of rotatable bonds is 7. The van der Waals surface area contributed by atoms with Crippen molar-refractivity contribution < 1.29 is 14.6 Å². The molecule has 0 heterocycles. The Morgan fingerprint density at radius 3 is 2.32 bits per heavy atom. The van der Waals surface area contributed by atoms with Gasteiger partial charge in [-0.1, -0.05) is 63.2 Å². The second-order valence-corrected chi connectivity index (χ2v) is 7.13. The fraction of sp³-hybridized carbons (Fsp3) is 0.381. The number of hydrogen-bond acceptors (Lipinski definition) is 3. The van der Waals surface area contributed by atoms with E-state index < -0.39 is 6.10 Å². The summed E-state index contributed by atoms with van der Waals surface area (Å²) in [7, 11) is 0. The third-order valence-electron chi connectivity index (χ3n) is 4.01. The molecular formula is C21H27NO3. The first kappa shape index (κ1) is 19.0. The summed E-state index contributed by atoms with van der Waals surface area (Å²) in [6, 6.07) is 17.2. The smallest absolute Gasteiger partial charge is 0.257 e. The molecule has 4 nitrogen and oxygen atoms in total. The Kier molecular flexibility index (Phi) is 6.59. The molecule has 0 aliphatic carbocycles. The number of carbonyl (C=O) groups excluding carboxylic acids is 1. The van der Waals surface area contributed by atoms with Crippen LogP contribution in [0.15, 0.2) is 54.6 Å². The first-order valence-corrected chi connectivity index (χ1v) is 8.59. The van der Waals surface area contributed by atoms with Crippen LogP contribution in [0, 0.1) is 0 Å². The highest BCUT2D eigenvalue weighted by Crippen LogP contribution is 2.24. The van der Waals surface area contributed by atoms with Crippen molar-refractivity contribution in [2.45, 2.75) is 38.7 Å². The lowest BCUT2D eigenvalue weighted by Gasteiger charge is -2.19. The van der Waals surface area contributed by atoms with Crippen molar-refractivity contribution in [3.8, 4) is 5.75 Å². The van der Waals surface area contributed by atoms with E-state index in [1.165, 1.54) is 5.56 Å². The van der Waals surface area contributed by atoms with Gasteiger partial charge in [-0.3, -0.25) is 4.79 Å². The molecule has 0 fully saturated rings. The first-order valence-electron chi connectivity index (χ1n) is 8.59. The number of carbonyl (C=O) groups is 1. The van der Waals surface area contributed by atoms with Crippen LogP contribution in [0.3, 0.4) is 0 Å². The highest BCUT2D eigenvalue weighted by atomic mass is 16.5. The van der Waals surface area contributed by atoms with E-state index in [0.29, 0.717) is 18.7 Å². The molecule has 0 aliphatic rings. The molecule has 0 saturated carbocycles. The van der Waals surface area contributed by atoms with Crippen LogP contribution in [0.1, 0.15) is 44.4 Å². The van der Waals surface area contributed by atoms with Crippen molar-refractivity contribution in [3.05, 3.63) is 65.7 Å². The van der Waals surface area contributed by atoms with E-state index in [9.17, 15) is 9.90 Å². The molecular weight excluding hydrogens is 314 g/mol. The van der Waals surface area contributed by atoms with E-state index >= 15 is 0 Å². The lowest BCUT2D eigenvalue weighted by molar-refractivity contribution is -0.123. The molecule has 25 heavy (non-hydrogen) atoms. The van der Waals surface area contributed by atoms with Crippen molar-refractivity contribution in [1.82, 2.24) is 5.32 Å². The molecule has 0 spiro atoms. The first-order chi connectivity index (χ1) is 11.9. The number of nitrogens with one attached hydrogen (secondary N) is 1. The molecule has 0 unspecified atom stereocenters. The molecule has 0 bridgehead atoms. The fourth-order valence-electron chi connectivity index (χ4n) is 2.44. The molecule has 0 radical (unpaired) electrons. The zero-order valence-corrected chi connectivity index (χ0v) is 15.2. The maximum absolute atomic E-state index is 11.8. The Morgan fingerprint density at radius 2 is 1.72 bits per heavy atom. The predicted molar refractivity (Wildman–Crippen MR) is 99.7 cm³/mol. The standard InChI is InChI=1S/C21H27NO3/c1-21(2,3)17-9-11-18(12-10-17)25-15-20(24)22-14-13-19(23)16-7-5-4-6-8-16/h4-12,19,23H,13-15H2,1-3H3,(H,22,24)/t19-/m0/s1. The molecule has 1 amide bonds. The largest absolute Gasteiger partial charge is 0.484 e. The number of aliphatic hydroxyl groups excluding tert-OH is 1. The van der Waals surface area contributed by atoms with Crippen LogP contribution < -0.4 is 10.1 Å². The van der Waals surface area contributed by atoms with Gasteiger partial charge < -0.3 is 15.2 Å². The Labute approximate surface area is 149 Å². The van der Waals surface area contributed by atoms with Crippen molar-refractivity contribution in [2.24, 2.45) is 0 Å². The van der Waals surface area contributed by atoms with E-state index in [0.717, 1.165) is 5.56 Å². The second kappa shape index (κ2) is 8.67. The molecule has 2 aromatic rings. The van der Waals surface area contributed by atoms with Gasteiger partial charge >= 0.3 is 0 Å². The van der Waals surface area contributed by atoms with Gasteiger partial charge in [0.2, 0.25) is 0 Å². The normalized spacial score (nSPS) is 12.5. The molecule has 4 heteroatoms. The maximum atomic E-state index is 11.8. The quantitative estimate of drug-likeness (QED) is 0.809. The van der Waals surface area contributed by atoms with Gasteiger partial charge in [0, 0.05) is 6.54 Å². The Balaban J connectivity index is 1.70. The van der Waals surface area contributed by atoms with Gasteiger partial charge in [-0.25, -0.2) is 0 Å². The van der Waals surface area contributed by atoms with Crippen LogP contribution >= 0.6 is 0 Å². The summed E-state index contributed by atoms with van der Waals surface area (Å²) in [6.07, 6.45) is -0.108. The fourth-order valence-corrected chi connectivity index (χ4v) is 2.44. The van der Waals surface area contributed by atoms with Crippen LogP contribution in [0.2, 0.25) is 0 Å². The molecule has 0 aliphatic heterocycles. The van der Waals surface area contributed by atoms with E-state index in [-0.39, 0.29) is 17.9 Å². The molecule has 1 atom stereocenters. The van der Waals surface area contributed by atoms with Crippen LogP contribution in [0.4, 0.5) is 0 Å². The van der Waals surface area contributed by atoms with Gasteiger partial charge in [0.15, 0.2) is 6.61 Å². The zero-order valence-electron chi connectivity index (χ0n) is 15.2. The lowest BCUT2D eigenvalue weighted by atomic mass is 9.87. The minimum Gasteiger partial charge on any atom is -0.484 e. The summed E-state index contributed by atoms with van der Waals surface area (Å²) in [5, 5.41) is 12.8. The average molecular weight is 341 g/mol. The Morgan fingerprint density at radius 1 is 1.08 bits per heavy atom. The number of aliphatic hydroxyl groups is 1. The molecule has 2 rings (SSSR count). The van der Waals surface area contributed by atoms with Gasteiger partial charge in [0.1, 0.15) is 5.75 Å². The highest BCUT2D eigenvalue weighted by molar-refractivity contribution is 5.77. The number of hydrogen-bond donors (Lipinski definition) is 2. The SMILES string of the molecule is CC(C)(C)c1ccc(OCC(=O)NCC[C@H](O)c2ccccc2)cc1. The van der Waals surface area contributed by atoms with Crippen LogP contribution in [-0.2, 0) is 10.2 Å². The molecule has 0 aromatic heterocycles. The highest BCUT2D eigenvalue weighted by Gasteiger charge is 2.13. The van der Waals surface area contributed by atoms with Gasteiger partial charge in [-0.05, 0) is 35.1 Å². The Bertz CT molecular complexity index is 660. The number of amides is 1. The van der Waals surface area contributed by atoms with Crippen molar-refractivity contribution in [1.29, 1.82) is 0 Å². The summed E-state index contributed by atoms with van der Waals surface area (Å²) in [5.41, 5.74) is 2.17. The summed E-state index contributed by atoms with van der Waals surface area (Å²) < 4.78 is 5.50. The number of ether oxygens (including phenoxy) is 1. The molecule has 134 valence electrons. The summed E-state index contributed by atoms with van der Waals surface area (Å²) in [6.45, 7) is 6.83. The van der Waals surface area contributed by atoms with E-state index in [4.69, 9.17) is 4.74 Å². The summed E-state index contributed by atoms with van der Waals surface area (Å²) in [4.78, 5) is 11.8. The predicted octanol–water partition coefficient (Wildman–Crippen LogP) is 3.60. The lowest BCUT2D eigenvalue weighted by Crippen LogP contribution is -2.30. The number of benzene rings is 2. The van der Waals surface area contributed by atoms with Gasteiger partial charge in [-0.2, -0.15) is 0 Å². The minimum absolute atomic E-state index is 0.0315.